The third-order valence-electron chi connectivity index (χ3n) is 4.03. The van der Waals surface area contributed by atoms with Gasteiger partial charge in [0.25, 0.3) is 10.0 Å². The molecule has 0 aliphatic carbocycles. The molecule has 1 amide bonds. The number of hydrogen-bond donors (Lipinski definition) is 1. The van der Waals surface area contributed by atoms with Crippen molar-refractivity contribution in [1.82, 2.24) is 9.62 Å². The minimum absolute atomic E-state index is 0.0282. The summed E-state index contributed by atoms with van der Waals surface area (Å²) in [5, 5.41) is 2.65. The second kappa shape index (κ2) is 7.53. The molecule has 1 atom stereocenters. The molecule has 1 saturated heterocycles. The van der Waals surface area contributed by atoms with Crippen molar-refractivity contribution in [3.63, 3.8) is 0 Å². The van der Waals surface area contributed by atoms with Crippen molar-refractivity contribution in [3.05, 3.63) is 51.6 Å². The van der Waals surface area contributed by atoms with E-state index < -0.39 is 27.8 Å². The van der Waals surface area contributed by atoms with Crippen LogP contribution in [-0.4, -0.2) is 31.2 Å². The van der Waals surface area contributed by atoms with Gasteiger partial charge in [-0.15, -0.1) is 11.3 Å². The van der Waals surface area contributed by atoms with Crippen molar-refractivity contribution in [2.75, 3.05) is 6.54 Å². The molecule has 3 rings (SSSR count). The fourth-order valence-corrected chi connectivity index (χ4v) is 6.58. The van der Waals surface area contributed by atoms with Crippen LogP contribution in [-0.2, 0) is 21.4 Å². The first-order valence-electron chi connectivity index (χ1n) is 7.68. The molecule has 0 spiro atoms. The van der Waals surface area contributed by atoms with Crippen LogP contribution in [0.1, 0.15) is 18.4 Å². The van der Waals surface area contributed by atoms with Crippen molar-refractivity contribution in [2.24, 2.45) is 0 Å². The Morgan fingerprint density at radius 3 is 2.76 bits per heavy atom. The SMILES string of the molecule is O=C(NCc1ccccc1F)[C@@H]1CCCN1S(=O)(=O)c1ccc(Br)s1. The normalized spacial score (nSPS) is 18.4. The first kappa shape index (κ1) is 18.5. The van der Waals surface area contributed by atoms with Crippen LogP contribution < -0.4 is 5.32 Å². The van der Waals surface area contributed by atoms with Crippen LogP contribution in [0, 0.1) is 5.82 Å². The molecule has 1 fully saturated rings. The molecule has 134 valence electrons. The molecule has 0 bridgehead atoms. The molecular weight excluding hydrogens is 431 g/mol. The predicted molar refractivity (Wildman–Crippen MR) is 97.2 cm³/mol. The Morgan fingerprint density at radius 1 is 1.32 bits per heavy atom. The lowest BCUT2D eigenvalue weighted by atomic mass is 10.2. The van der Waals surface area contributed by atoms with Gasteiger partial charge in [-0.25, -0.2) is 12.8 Å². The zero-order valence-electron chi connectivity index (χ0n) is 13.1. The zero-order chi connectivity index (χ0) is 18.0. The number of halogens is 2. The lowest BCUT2D eigenvalue weighted by Gasteiger charge is -2.22. The number of nitrogens with one attached hydrogen (secondary N) is 1. The second-order valence-corrected chi connectivity index (χ2v) is 10.2. The van der Waals surface area contributed by atoms with E-state index in [9.17, 15) is 17.6 Å². The van der Waals surface area contributed by atoms with Crippen LogP contribution in [0.5, 0.6) is 0 Å². The predicted octanol–water partition coefficient (Wildman–Crippen LogP) is 3.12. The largest absolute Gasteiger partial charge is 0.351 e. The van der Waals surface area contributed by atoms with E-state index >= 15 is 0 Å². The topological polar surface area (TPSA) is 66.5 Å². The highest BCUT2D eigenvalue weighted by Gasteiger charge is 2.39. The summed E-state index contributed by atoms with van der Waals surface area (Å²) in [6.07, 6.45) is 1.07. The van der Waals surface area contributed by atoms with Gasteiger partial charge in [0.15, 0.2) is 0 Å². The summed E-state index contributed by atoms with van der Waals surface area (Å²) in [6.45, 7) is 0.329. The van der Waals surface area contributed by atoms with Gasteiger partial charge >= 0.3 is 0 Å². The van der Waals surface area contributed by atoms with Crippen molar-refractivity contribution < 1.29 is 17.6 Å². The number of hydrogen-bond acceptors (Lipinski definition) is 4. The first-order chi connectivity index (χ1) is 11.9. The summed E-state index contributed by atoms with van der Waals surface area (Å²) < 4.78 is 41.3. The average molecular weight is 447 g/mol. The van der Waals surface area contributed by atoms with E-state index in [4.69, 9.17) is 0 Å². The zero-order valence-corrected chi connectivity index (χ0v) is 16.3. The molecular formula is C16H16BrFN2O3S2. The number of sulfonamides is 1. The third-order valence-corrected chi connectivity index (χ3v) is 8.03. The molecule has 25 heavy (non-hydrogen) atoms. The van der Waals surface area contributed by atoms with Crippen LogP contribution in [0.25, 0.3) is 0 Å². The van der Waals surface area contributed by atoms with E-state index in [1.807, 2.05) is 0 Å². The summed E-state index contributed by atoms with van der Waals surface area (Å²) in [6, 6.07) is 8.59. The Labute approximate surface area is 158 Å². The number of amides is 1. The Morgan fingerprint density at radius 2 is 2.08 bits per heavy atom. The maximum atomic E-state index is 13.6. The maximum Gasteiger partial charge on any atom is 0.253 e. The van der Waals surface area contributed by atoms with Gasteiger partial charge in [0.2, 0.25) is 5.91 Å². The molecule has 0 saturated carbocycles. The third kappa shape index (κ3) is 3.94. The lowest BCUT2D eigenvalue weighted by Crippen LogP contribution is -2.45. The molecule has 1 aromatic heterocycles. The fourth-order valence-electron chi connectivity index (χ4n) is 2.78. The van der Waals surface area contributed by atoms with Gasteiger partial charge < -0.3 is 5.32 Å². The molecule has 0 unspecified atom stereocenters. The molecule has 1 aliphatic rings. The van der Waals surface area contributed by atoms with Gasteiger partial charge in [-0.2, -0.15) is 4.31 Å². The smallest absolute Gasteiger partial charge is 0.253 e. The van der Waals surface area contributed by atoms with Gasteiger partial charge in [0, 0.05) is 18.7 Å². The molecule has 2 heterocycles. The molecule has 0 radical (unpaired) electrons. The molecule has 1 N–H and O–H groups in total. The van der Waals surface area contributed by atoms with Gasteiger partial charge in [-0.3, -0.25) is 4.79 Å². The van der Waals surface area contributed by atoms with Gasteiger partial charge in [0.05, 0.1) is 3.79 Å². The number of carbonyl (C=O) groups excluding carboxylic acids is 1. The van der Waals surface area contributed by atoms with Crippen LogP contribution in [0.2, 0.25) is 0 Å². The Balaban J connectivity index is 1.73. The van der Waals surface area contributed by atoms with Gasteiger partial charge in [-0.1, -0.05) is 18.2 Å². The van der Waals surface area contributed by atoms with Crippen LogP contribution in [0.15, 0.2) is 44.4 Å². The van der Waals surface area contributed by atoms with Crippen molar-refractivity contribution in [1.29, 1.82) is 0 Å². The first-order valence-corrected chi connectivity index (χ1v) is 10.7. The lowest BCUT2D eigenvalue weighted by molar-refractivity contribution is -0.124. The number of rotatable bonds is 5. The summed E-state index contributed by atoms with van der Waals surface area (Å²) in [5.74, 6) is -0.804. The second-order valence-electron chi connectivity index (χ2n) is 5.64. The molecule has 9 heteroatoms. The minimum Gasteiger partial charge on any atom is -0.351 e. The van der Waals surface area contributed by atoms with E-state index in [0.29, 0.717) is 28.7 Å². The summed E-state index contributed by atoms with van der Waals surface area (Å²) in [7, 11) is -3.72. The Kier molecular flexibility index (Phi) is 5.57. The summed E-state index contributed by atoms with van der Waals surface area (Å²) in [5.41, 5.74) is 0.366. The van der Waals surface area contributed by atoms with Crippen LogP contribution in [0.4, 0.5) is 4.39 Å². The van der Waals surface area contributed by atoms with Gasteiger partial charge in [-0.05, 0) is 47.0 Å². The van der Waals surface area contributed by atoms with E-state index in [1.54, 1.807) is 24.3 Å². The molecule has 1 aromatic carbocycles. The highest BCUT2D eigenvalue weighted by molar-refractivity contribution is 9.11. The van der Waals surface area contributed by atoms with Crippen LogP contribution >= 0.6 is 27.3 Å². The minimum atomic E-state index is -3.72. The van der Waals surface area contributed by atoms with E-state index in [1.165, 1.54) is 16.4 Å². The standard InChI is InChI=1S/C16H16BrFN2O3S2/c17-14-7-8-15(24-14)25(22,23)20-9-3-6-13(20)16(21)19-10-11-4-1-2-5-12(11)18/h1-2,4-5,7-8,13H,3,6,9-10H2,(H,19,21)/t13-/m0/s1. The monoisotopic (exact) mass is 446 g/mol. The van der Waals surface area contributed by atoms with E-state index in [0.717, 1.165) is 11.3 Å². The van der Waals surface area contributed by atoms with Crippen molar-refractivity contribution in [3.8, 4) is 0 Å². The average Bonchev–Trinajstić information content (AvgIpc) is 3.23. The molecule has 2 aromatic rings. The summed E-state index contributed by atoms with van der Waals surface area (Å²) in [4.78, 5) is 12.5. The van der Waals surface area contributed by atoms with E-state index in [-0.39, 0.29) is 10.8 Å². The molecule has 1 aliphatic heterocycles. The quantitative estimate of drug-likeness (QED) is 0.766. The highest BCUT2D eigenvalue weighted by atomic mass is 79.9. The van der Waals surface area contributed by atoms with Crippen LogP contribution in [0.3, 0.4) is 0 Å². The highest BCUT2D eigenvalue weighted by Crippen LogP contribution is 2.32. The van der Waals surface area contributed by atoms with Crippen molar-refractivity contribution >= 4 is 43.2 Å². The fraction of sp³-hybridized carbons (Fsp3) is 0.312. The number of benzene rings is 1. The molecule has 5 nitrogen and oxygen atoms in total. The van der Waals surface area contributed by atoms with Gasteiger partial charge in [0.1, 0.15) is 16.1 Å². The number of nitrogens with zero attached hydrogens (tertiary/aromatic N) is 1. The Bertz CT molecular complexity index is 885. The summed E-state index contributed by atoms with van der Waals surface area (Å²) >= 11 is 4.37. The number of thiophene rings is 1. The van der Waals surface area contributed by atoms with Crippen molar-refractivity contribution in [2.45, 2.75) is 29.6 Å². The maximum absolute atomic E-state index is 13.6. The number of carbonyl (C=O) groups is 1. The van der Waals surface area contributed by atoms with E-state index in [2.05, 4.69) is 21.2 Å². The Hall–Kier alpha value is -1.29.